The molecule has 5 nitrogen and oxygen atoms in total. The van der Waals surface area contributed by atoms with E-state index in [-0.39, 0.29) is 5.56 Å². The Balaban J connectivity index is 2.54. The Hall–Kier alpha value is -2.08. The summed E-state index contributed by atoms with van der Waals surface area (Å²) in [6.07, 6.45) is 1.48. The van der Waals surface area contributed by atoms with Crippen molar-refractivity contribution in [2.45, 2.75) is 0 Å². The fraction of sp³-hybridized carbons (Fsp3) is 0.200. The number of ether oxygens (including phenoxy) is 1. The average Bonchev–Trinajstić information content (AvgIpc) is 2.49. The van der Waals surface area contributed by atoms with Gasteiger partial charge in [0, 0.05) is 31.7 Å². The summed E-state index contributed by atoms with van der Waals surface area (Å²) in [5, 5.41) is 0. The number of carbonyl (C=O) groups is 1. The molecule has 110 valence electrons. The first-order valence-corrected chi connectivity index (χ1v) is 7.01. The molecule has 21 heavy (non-hydrogen) atoms. The zero-order valence-corrected chi connectivity index (χ0v) is 13.5. The van der Waals surface area contributed by atoms with Crippen molar-refractivity contribution in [3.05, 3.63) is 56.9 Å². The van der Waals surface area contributed by atoms with Crippen molar-refractivity contribution in [2.24, 2.45) is 0 Å². The number of anilines is 1. The zero-order chi connectivity index (χ0) is 15.6. The van der Waals surface area contributed by atoms with Crippen LogP contribution >= 0.6 is 15.9 Å². The maximum Gasteiger partial charge on any atom is 0.339 e. The van der Waals surface area contributed by atoms with Crippen molar-refractivity contribution in [1.82, 2.24) is 4.57 Å². The minimum absolute atomic E-state index is 0.236. The maximum absolute atomic E-state index is 12.2. The van der Waals surface area contributed by atoms with E-state index in [1.165, 1.54) is 23.9 Å². The predicted octanol–water partition coefficient (Wildman–Crippen LogP) is 2.45. The molecule has 2 rings (SSSR count). The van der Waals surface area contributed by atoms with E-state index in [9.17, 15) is 9.59 Å². The van der Waals surface area contributed by atoms with Crippen LogP contribution in [0.25, 0.3) is 5.69 Å². The van der Waals surface area contributed by atoms with Gasteiger partial charge in [-0.25, -0.2) is 4.79 Å². The van der Waals surface area contributed by atoms with Gasteiger partial charge < -0.3 is 9.64 Å². The molecule has 0 amide bonds. The Morgan fingerprint density at radius 3 is 2.38 bits per heavy atom. The van der Waals surface area contributed by atoms with Gasteiger partial charge in [-0.1, -0.05) is 0 Å². The fourth-order valence-electron chi connectivity index (χ4n) is 1.88. The highest BCUT2D eigenvalue weighted by atomic mass is 79.9. The highest BCUT2D eigenvalue weighted by molar-refractivity contribution is 9.10. The third-order valence-corrected chi connectivity index (χ3v) is 3.61. The van der Waals surface area contributed by atoms with Crippen molar-refractivity contribution < 1.29 is 9.53 Å². The molecule has 0 saturated heterocycles. The monoisotopic (exact) mass is 350 g/mol. The normalized spacial score (nSPS) is 10.3. The summed E-state index contributed by atoms with van der Waals surface area (Å²) in [6.45, 7) is 0. The van der Waals surface area contributed by atoms with Crippen LogP contribution < -0.4 is 10.5 Å². The van der Waals surface area contributed by atoms with Crippen LogP contribution in [0, 0.1) is 0 Å². The first-order chi connectivity index (χ1) is 9.93. The SMILES string of the molecule is COC(=O)c1cc(Br)c(=O)n(-c2ccc(N(C)C)cc2)c1. The van der Waals surface area contributed by atoms with Crippen LogP contribution in [-0.2, 0) is 4.74 Å². The average molecular weight is 351 g/mol. The summed E-state index contributed by atoms with van der Waals surface area (Å²) in [4.78, 5) is 25.8. The van der Waals surface area contributed by atoms with Crippen molar-refractivity contribution >= 4 is 27.6 Å². The summed E-state index contributed by atoms with van der Waals surface area (Å²) < 4.78 is 6.41. The van der Waals surface area contributed by atoms with Gasteiger partial charge in [-0.15, -0.1) is 0 Å². The van der Waals surface area contributed by atoms with Gasteiger partial charge in [0.2, 0.25) is 0 Å². The van der Waals surface area contributed by atoms with Gasteiger partial charge in [-0.3, -0.25) is 9.36 Å². The molecule has 6 heteroatoms. The van der Waals surface area contributed by atoms with Crippen LogP contribution in [0.15, 0.2) is 45.8 Å². The van der Waals surface area contributed by atoms with Crippen molar-refractivity contribution in [2.75, 3.05) is 26.1 Å². The molecule has 0 aliphatic heterocycles. The molecule has 0 aliphatic rings. The van der Waals surface area contributed by atoms with Crippen LogP contribution in [0.4, 0.5) is 5.69 Å². The lowest BCUT2D eigenvalue weighted by Crippen LogP contribution is -2.21. The quantitative estimate of drug-likeness (QED) is 0.798. The lowest BCUT2D eigenvalue weighted by molar-refractivity contribution is 0.0600. The third-order valence-electron chi connectivity index (χ3n) is 3.04. The van der Waals surface area contributed by atoms with Crippen molar-refractivity contribution in [3.63, 3.8) is 0 Å². The van der Waals surface area contributed by atoms with E-state index in [4.69, 9.17) is 4.74 Å². The summed E-state index contributed by atoms with van der Waals surface area (Å²) >= 11 is 3.18. The molecular weight excluding hydrogens is 336 g/mol. The predicted molar refractivity (Wildman–Crippen MR) is 85.4 cm³/mol. The molecule has 2 aromatic rings. The van der Waals surface area contributed by atoms with E-state index in [1.807, 2.05) is 43.3 Å². The lowest BCUT2D eigenvalue weighted by atomic mass is 10.2. The summed E-state index contributed by atoms with van der Waals surface area (Å²) in [6, 6.07) is 8.91. The lowest BCUT2D eigenvalue weighted by Gasteiger charge is -2.14. The van der Waals surface area contributed by atoms with E-state index >= 15 is 0 Å². The van der Waals surface area contributed by atoms with E-state index in [1.54, 1.807) is 0 Å². The molecule has 0 N–H and O–H groups in total. The van der Waals surface area contributed by atoms with Gasteiger partial charge in [-0.05, 0) is 46.3 Å². The number of halogens is 1. The molecule has 1 aromatic heterocycles. The molecule has 0 aliphatic carbocycles. The minimum Gasteiger partial charge on any atom is -0.465 e. The second kappa shape index (κ2) is 6.13. The first kappa shape index (κ1) is 15.3. The van der Waals surface area contributed by atoms with Gasteiger partial charge in [-0.2, -0.15) is 0 Å². The van der Waals surface area contributed by atoms with Gasteiger partial charge in [0.05, 0.1) is 17.1 Å². The van der Waals surface area contributed by atoms with Crippen molar-refractivity contribution in [1.29, 1.82) is 0 Å². The number of rotatable bonds is 3. The minimum atomic E-state index is -0.491. The number of carbonyl (C=O) groups excluding carboxylic acids is 1. The first-order valence-electron chi connectivity index (χ1n) is 6.22. The largest absolute Gasteiger partial charge is 0.465 e. The zero-order valence-electron chi connectivity index (χ0n) is 12.0. The van der Waals surface area contributed by atoms with Crippen LogP contribution in [0.5, 0.6) is 0 Å². The van der Waals surface area contributed by atoms with E-state index < -0.39 is 5.97 Å². The molecule has 1 heterocycles. The van der Waals surface area contributed by atoms with Crippen LogP contribution in [-0.4, -0.2) is 31.7 Å². The van der Waals surface area contributed by atoms with E-state index in [0.717, 1.165) is 5.69 Å². The Bertz CT molecular complexity index is 721. The number of nitrogens with zero attached hydrogens (tertiary/aromatic N) is 2. The van der Waals surface area contributed by atoms with Crippen LogP contribution in [0.2, 0.25) is 0 Å². The Morgan fingerprint density at radius 1 is 1.24 bits per heavy atom. The molecular formula is C15H15BrN2O3. The Morgan fingerprint density at radius 2 is 1.86 bits per heavy atom. The number of aromatic nitrogens is 1. The van der Waals surface area contributed by atoms with Crippen molar-refractivity contribution in [3.8, 4) is 5.69 Å². The summed E-state index contributed by atoms with van der Waals surface area (Å²) in [5.41, 5.74) is 1.77. The second-order valence-corrected chi connectivity index (χ2v) is 5.51. The Kier molecular flexibility index (Phi) is 4.47. The third kappa shape index (κ3) is 3.16. The van der Waals surface area contributed by atoms with Gasteiger partial charge in [0.25, 0.3) is 5.56 Å². The van der Waals surface area contributed by atoms with Gasteiger partial charge in [0.15, 0.2) is 0 Å². The van der Waals surface area contributed by atoms with Gasteiger partial charge in [0.1, 0.15) is 0 Å². The van der Waals surface area contributed by atoms with E-state index in [2.05, 4.69) is 15.9 Å². The molecule has 0 fully saturated rings. The smallest absolute Gasteiger partial charge is 0.339 e. The number of esters is 1. The standard InChI is InChI=1S/C15H15BrN2O3/c1-17(2)11-4-6-12(7-5-11)18-9-10(15(20)21-3)8-13(16)14(18)19/h4-9H,1-3H3. The molecule has 0 radical (unpaired) electrons. The Labute approximate surface area is 130 Å². The number of hydrogen-bond acceptors (Lipinski definition) is 4. The molecule has 0 spiro atoms. The van der Waals surface area contributed by atoms with Gasteiger partial charge >= 0.3 is 5.97 Å². The molecule has 0 atom stereocenters. The fourth-order valence-corrected chi connectivity index (χ4v) is 2.32. The second-order valence-electron chi connectivity index (χ2n) is 4.65. The summed E-state index contributed by atoms with van der Waals surface area (Å²) in [7, 11) is 5.18. The molecule has 0 bridgehead atoms. The number of methoxy groups -OCH3 is 1. The number of benzene rings is 1. The van der Waals surface area contributed by atoms with E-state index in [0.29, 0.717) is 15.7 Å². The molecule has 1 aromatic carbocycles. The number of hydrogen-bond donors (Lipinski definition) is 0. The van der Waals surface area contributed by atoms with Crippen LogP contribution in [0.1, 0.15) is 10.4 Å². The molecule has 0 unspecified atom stereocenters. The number of pyridine rings is 1. The maximum atomic E-state index is 12.2. The highest BCUT2D eigenvalue weighted by Gasteiger charge is 2.12. The highest BCUT2D eigenvalue weighted by Crippen LogP contribution is 2.16. The summed E-state index contributed by atoms with van der Waals surface area (Å²) in [5.74, 6) is -0.491. The topological polar surface area (TPSA) is 51.5 Å². The molecule has 0 saturated carbocycles. The van der Waals surface area contributed by atoms with Crippen LogP contribution in [0.3, 0.4) is 0 Å².